The van der Waals surface area contributed by atoms with Crippen LogP contribution in [0.1, 0.15) is 56.9 Å². The second-order valence-corrected chi connectivity index (χ2v) is 14.0. The number of carbonyl (C=O) groups is 1. The van der Waals surface area contributed by atoms with Gasteiger partial charge in [-0.2, -0.15) is 0 Å². The molecule has 2 aromatic rings. The highest BCUT2D eigenvalue weighted by molar-refractivity contribution is 7.92. The Morgan fingerprint density at radius 3 is 2.02 bits per heavy atom. The molecule has 1 amide bonds. The van der Waals surface area contributed by atoms with E-state index in [2.05, 4.69) is 31.6 Å². The average Bonchev–Trinajstić information content (AvgIpc) is 3.57. The lowest BCUT2D eigenvalue weighted by Gasteiger charge is -2.43. The van der Waals surface area contributed by atoms with Crippen LogP contribution in [-0.4, -0.2) is 79.6 Å². The minimum absolute atomic E-state index is 0. The molecule has 0 radical (unpaired) electrons. The monoisotopic (exact) mass is 638 g/mol. The van der Waals surface area contributed by atoms with Crippen molar-refractivity contribution in [2.45, 2.75) is 76.0 Å². The van der Waals surface area contributed by atoms with Gasteiger partial charge in [0, 0.05) is 49.4 Å². The van der Waals surface area contributed by atoms with E-state index in [9.17, 15) is 13.2 Å². The van der Waals surface area contributed by atoms with E-state index in [-0.39, 0.29) is 24.8 Å². The number of benzene rings is 2. The van der Waals surface area contributed by atoms with Crippen LogP contribution < -0.4 is 9.46 Å². The SMILES string of the molecule is CS(=O)(=O)Nc1ccc(Oc2ccc(CN3CCC(N4CC5CC4CN5C(=O)C4CCCCC4)CC3)cc2)cc1.Cl.Cl. The molecule has 3 aliphatic heterocycles. The highest BCUT2D eigenvalue weighted by Gasteiger charge is 2.48. The van der Waals surface area contributed by atoms with Gasteiger partial charge in [-0.1, -0.05) is 31.4 Å². The first-order valence-corrected chi connectivity index (χ1v) is 16.8. The third-order valence-corrected chi connectivity index (χ3v) is 9.88. The fraction of sp³-hybridized carbons (Fsp3) is 0.581. The van der Waals surface area contributed by atoms with E-state index in [0.29, 0.717) is 41.4 Å². The third kappa shape index (κ3) is 7.91. The molecule has 2 bridgehead atoms. The number of piperazine rings is 1. The molecule has 8 nitrogen and oxygen atoms in total. The summed E-state index contributed by atoms with van der Waals surface area (Å²) in [5, 5.41) is 0. The van der Waals surface area contributed by atoms with Gasteiger partial charge in [0.25, 0.3) is 0 Å². The Kier molecular flexibility index (Phi) is 11.1. The molecule has 11 heteroatoms. The van der Waals surface area contributed by atoms with Crippen LogP contribution in [0.2, 0.25) is 0 Å². The zero-order valence-corrected chi connectivity index (χ0v) is 26.8. The van der Waals surface area contributed by atoms with Gasteiger partial charge in [-0.05, 0) is 87.2 Å². The first-order valence-electron chi connectivity index (χ1n) is 14.9. The van der Waals surface area contributed by atoms with Crippen molar-refractivity contribution in [3.8, 4) is 11.5 Å². The van der Waals surface area contributed by atoms with E-state index in [4.69, 9.17) is 4.74 Å². The van der Waals surface area contributed by atoms with Gasteiger partial charge in [0.1, 0.15) is 11.5 Å². The summed E-state index contributed by atoms with van der Waals surface area (Å²) in [6, 6.07) is 16.8. The molecule has 1 saturated carbocycles. The van der Waals surface area contributed by atoms with Crippen LogP contribution in [0, 0.1) is 5.92 Å². The molecule has 4 aliphatic rings. The summed E-state index contributed by atoms with van der Waals surface area (Å²) in [6.07, 6.45) is 10.7. The Hall–Kier alpha value is -2.04. The average molecular weight is 640 g/mol. The number of amides is 1. The molecule has 1 aliphatic carbocycles. The van der Waals surface area contributed by atoms with Crippen molar-refractivity contribution in [1.82, 2.24) is 14.7 Å². The molecule has 232 valence electrons. The van der Waals surface area contributed by atoms with Gasteiger partial charge in [0.15, 0.2) is 0 Å². The van der Waals surface area contributed by atoms with Crippen LogP contribution >= 0.6 is 24.8 Å². The van der Waals surface area contributed by atoms with Gasteiger partial charge in [-0.3, -0.25) is 19.3 Å². The Balaban J connectivity index is 0.00000202. The quantitative estimate of drug-likeness (QED) is 0.410. The summed E-state index contributed by atoms with van der Waals surface area (Å²) < 4.78 is 31.1. The summed E-state index contributed by atoms with van der Waals surface area (Å²) in [7, 11) is -3.29. The van der Waals surface area contributed by atoms with Crippen LogP contribution in [0.5, 0.6) is 11.5 Å². The van der Waals surface area contributed by atoms with Crippen molar-refractivity contribution in [3.63, 3.8) is 0 Å². The van der Waals surface area contributed by atoms with Crippen LogP contribution in [0.4, 0.5) is 5.69 Å². The number of likely N-dealkylation sites (tertiary alicyclic amines) is 3. The summed E-state index contributed by atoms with van der Waals surface area (Å²) >= 11 is 0. The van der Waals surface area contributed by atoms with E-state index < -0.39 is 10.0 Å². The number of anilines is 1. The zero-order chi connectivity index (χ0) is 27.7. The molecule has 6 rings (SSSR count). The van der Waals surface area contributed by atoms with E-state index in [1.807, 2.05) is 12.1 Å². The molecular formula is C31H44Cl2N4O4S. The normalized spacial score (nSPS) is 23.7. The van der Waals surface area contributed by atoms with Gasteiger partial charge in [0.2, 0.25) is 15.9 Å². The molecule has 4 fully saturated rings. The number of fused-ring (bicyclic) bond motifs is 2. The predicted molar refractivity (Wildman–Crippen MR) is 171 cm³/mol. The van der Waals surface area contributed by atoms with Crippen LogP contribution in [0.3, 0.4) is 0 Å². The summed E-state index contributed by atoms with van der Waals surface area (Å²) in [6.45, 7) is 5.18. The van der Waals surface area contributed by atoms with Crippen molar-refractivity contribution in [3.05, 3.63) is 54.1 Å². The molecule has 42 heavy (non-hydrogen) atoms. The lowest BCUT2D eigenvalue weighted by Crippen LogP contribution is -2.55. The Labute approximate surface area is 263 Å². The summed E-state index contributed by atoms with van der Waals surface area (Å²) in [5.41, 5.74) is 1.79. The Morgan fingerprint density at radius 1 is 0.833 bits per heavy atom. The van der Waals surface area contributed by atoms with E-state index in [1.165, 1.54) is 44.1 Å². The van der Waals surface area contributed by atoms with Crippen molar-refractivity contribution in [1.29, 1.82) is 0 Å². The highest BCUT2D eigenvalue weighted by Crippen LogP contribution is 2.37. The molecule has 1 N–H and O–H groups in total. The molecule has 0 spiro atoms. The summed E-state index contributed by atoms with van der Waals surface area (Å²) in [5.74, 6) is 2.17. The second kappa shape index (κ2) is 14.2. The summed E-state index contributed by atoms with van der Waals surface area (Å²) in [4.78, 5) is 20.7. The third-order valence-electron chi connectivity index (χ3n) is 9.27. The lowest BCUT2D eigenvalue weighted by molar-refractivity contribution is -0.139. The molecule has 0 aromatic heterocycles. The fourth-order valence-electron chi connectivity index (χ4n) is 7.27. The number of nitrogens with one attached hydrogen (secondary N) is 1. The number of sulfonamides is 1. The van der Waals surface area contributed by atoms with Crippen LogP contribution in [-0.2, 0) is 21.4 Å². The molecular weight excluding hydrogens is 595 g/mol. The topological polar surface area (TPSA) is 82.2 Å². The highest BCUT2D eigenvalue weighted by atomic mass is 35.5. The van der Waals surface area contributed by atoms with Gasteiger partial charge >= 0.3 is 0 Å². The van der Waals surface area contributed by atoms with Gasteiger partial charge in [-0.15, -0.1) is 24.8 Å². The molecule has 2 unspecified atom stereocenters. The smallest absolute Gasteiger partial charge is 0.229 e. The Morgan fingerprint density at radius 2 is 1.45 bits per heavy atom. The Bertz CT molecular complexity index is 1280. The first-order chi connectivity index (χ1) is 19.3. The number of hydrogen-bond acceptors (Lipinski definition) is 6. The number of rotatable bonds is 8. The minimum Gasteiger partial charge on any atom is -0.457 e. The number of carbonyl (C=O) groups excluding carboxylic acids is 1. The molecule has 2 aromatic carbocycles. The van der Waals surface area contributed by atoms with Gasteiger partial charge in [-0.25, -0.2) is 8.42 Å². The van der Waals surface area contributed by atoms with Gasteiger partial charge in [0.05, 0.1) is 6.26 Å². The number of hydrogen-bond donors (Lipinski definition) is 1. The van der Waals surface area contributed by atoms with E-state index in [0.717, 1.165) is 57.6 Å². The first kappa shape index (κ1) is 32.9. The molecule has 2 atom stereocenters. The zero-order valence-electron chi connectivity index (χ0n) is 24.3. The lowest BCUT2D eigenvalue weighted by atomic mass is 9.88. The minimum atomic E-state index is -3.29. The fourth-order valence-corrected chi connectivity index (χ4v) is 7.83. The maximum atomic E-state index is 13.1. The number of ether oxygens (including phenoxy) is 1. The van der Waals surface area contributed by atoms with Crippen molar-refractivity contribution < 1.29 is 17.9 Å². The number of piperidine rings is 1. The van der Waals surface area contributed by atoms with E-state index >= 15 is 0 Å². The second-order valence-electron chi connectivity index (χ2n) is 12.2. The maximum absolute atomic E-state index is 13.1. The van der Waals surface area contributed by atoms with E-state index in [1.54, 1.807) is 24.3 Å². The van der Waals surface area contributed by atoms with Crippen molar-refractivity contribution in [2.24, 2.45) is 5.92 Å². The van der Waals surface area contributed by atoms with Crippen LogP contribution in [0.15, 0.2) is 48.5 Å². The largest absolute Gasteiger partial charge is 0.457 e. The van der Waals surface area contributed by atoms with Crippen LogP contribution in [0.25, 0.3) is 0 Å². The maximum Gasteiger partial charge on any atom is 0.229 e. The van der Waals surface area contributed by atoms with Crippen molar-refractivity contribution >= 4 is 46.4 Å². The number of nitrogens with zero attached hydrogens (tertiary/aromatic N) is 3. The van der Waals surface area contributed by atoms with Crippen molar-refractivity contribution in [2.75, 3.05) is 37.2 Å². The predicted octanol–water partition coefficient (Wildman–Crippen LogP) is 5.52. The standard InChI is InChI=1S/C31H42N4O4S.2ClH/c1-40(37,38)32-25-9-13-30(14-10-25)39-29-11-7-23(8-12-29)20-33-17-15-26(16-18-33)34-21-28-19-27(34)22-35(28)31(36)24-5-3-2-4-6-24;;/h7-14,24,26-28,32H,2-6,15-22H2,1H3;2*1H. The number of halogens is 2. The molecule has 3 saturated heterocycles. The van der Waals surface area contributed by atoms with Gasteiger partial charge < -0.3 is 9.64 Å². The molecule has 3 heterocycles.